The van der Waals surface area contributed by atoms with Crippen molar-refractivity contribution >= 4 is 38.7 Å². The second-order valence-corrected chi connectivity index (χ2v) is 6.36. The number of fused-ring (bicyclic) bond motifs is 1. The summed E-state index contributed by atoms with van der Waals surface area (Å²) < 4.78 is 6.23. The molecule has 0 fully saturated rings. The third-order valence-corrected chi connectivity index (χ3v) is 4.32. The van der Waals surface area contributed by atoms with Crippen LogP contribution in [0, 0.1) is 18.3 Å². The van der Waals surface area contributed by atoms with Crippen LogP contribution in [-0.4, -0.2) is 17.5 Å². The van der Waals surface area contributed by atoms with Crippen LogP contribution in [0.1, 0.15) is 11.1 Å². The molecule has 1 aromatic heterocycles. The highest BCUT2D eigenvalue weighted by molar-refractivity contribution is 7.22. The maximum Gasteiger partial charge on any atom is 0.250 e. The molecule has 0 unspecified atom stereocenters. The van der Waals surface area contributed by atoms with Gasteiger partial charge in [-0.3, -0.25) is 10.1 Å². The smallest absolute Gasteiger partial charge is 0.250 e. The third kappa shape index (κ3) is 4.43. The van der Waals surface area contributed by atoms with Crippen LogP contribution in [-0.2, 0) is 4.79 Å². The first-order chi connectivity index (χ1) is 12.1. The van der Waals surface area contributed by atoms with Gasteiger partial charge in [0.15, 0.2) is 11.7 Å². The summed E-state index contributed by atoms with van der Waals surface area (Å²) in [6.07, 6.45) is 3.17. The molecule has 3 aromatic rings. The van der Waals surface area contributed by atoms with Crippen molar-refractivity contribution in [2.24, 2.45) is 0 Å². The molecule has 3 rings (SSSR count). The molecule has 2 aromatic carbocycles. The number of amides is 1. The average molecular weight is 349 g/mol. The number of nitrogens with one attached hydrogen (secondary N) is 1. The van der Waals surface area contributed by atoms with Crippen LogP contribution in [0.4, 0.5) is 5.13 Å². The van der Waals surface area contributed by atoms with E-state index in [9.17, 15) is 4.79 Å². The van der Waals surface area contributed by atoms with Crippen LogP contribution >= 0.6 is 11.3 Å². The van der Waals surface area contributed by atoms with Crippen LogP contribution in [0.15, 0.2) is 48.5 Å². The number of ether oxygens (including phenoxy) is 1. The summed E-state index contributed by atoms with van der Waals surface area (Å²) in [4.78, 5) is 16.4. The Morgan fingerprint density at radius 1 is 1.32 bits per heavy atom. The Hall–Kier alpha value is -3.17. The Labute approximate surface area is 149 Å². The monoisotopic (exact) mass is 349 g/mol. The lowest BCUT2D eigenvalue weighted by atomic mass is 10.2. The van der Waals surface area contributed by atoms with E-state index in [1.54, 1.807) is 18.2 Å². The summed E-state index contributed by atoms with van der Waals surface area (Å²) in [5, 5.41) is 11.8. The minimum atomic E-state index is -0.236. The van der Waals surface area contributed by atoms with Crippen molar-refractivity contribution in [3.05, 3.63) is 59.7 Å². The van der Waals surface area contributed by atoms with Gasteiger partial charge in [0.05, 0.1) is 10.2 Å². The van der Waals surface area contributed by atoms with E-state index >= 15 is 0 Å². The molecule has 0 aliphatic heterocycles. The number of rotatable bonds is 5. The number of hydrogen-bond acceptors (Lipinski definition) is 5. The fraction of sp³-hybridized carbons (Fsp3) is 0.105. The molecule has 0 spiro atoms. The zero-order valence-electron chi connectivity index (χ0n) is 13.5. The number of anilines is 1. The van der Waals surface area contributed by atoms with E-state index < -0.39 is 0 Å². The number of thiazole rings is 1. The summed E-state index contributed by atoms with van der Waals surface area (Å²) >= 11 is 1.45. The molecule has 0 bridgehead atoms. The van der Waals surface area contributed by atoms with Crippen LogP contribution in [0.25, 0.3) is 16.3 Å². The predicted molar refractivity (Wildman–Crippen MR) is 99.6 cm³/mol. The number of hydrogen-bond donors (Lipinski definition) is 1. The molecule has 0 atom stereocenters. The van der Waals surface area contributed by atoms with Gasteiger partial charge in [-0.05, 0) is 48.4 Å². The quantitative estimate of drug-likeness (QED) is 0.702. The standard InChI is InChI=1S/C19H15N3O2S/c1-13-2-8-16-17(12-13)25-19(21-16)22-18(23)9-5-14-3-6-15(7-4-14)24-11-10-20/h2-9,12H,11H2,1H3,(H,21,22,23)/b9-5+. The minimum absolute atomic E-state index is 0.0132. The van der Waals surface area contributed by atoms with Gasteiger partial charge in [-0.1, -0.05) is 29.5 Å². The summed E-state index contributed by atoms with van der Waals surface area (Å²) in [5.41, 5.74) is 2.90. The Morgan fingerprint density at radius 2 is 2.12 bits per heavy atom. The fourth-order valence-electron chi connectivity index (χ4n) is 2.20. The summed E-state index contributed by atoms with van der Waals surface area (Å²) in [7, 11) is 0. The molecule has 0 saturated heterocycles. The molecule has 0 aliphatic rings. The topological polar surface area (TPSA) is 75.0 Å². The first-order valence-corrected chi connectivity index (χ1v) is 8.42. The molecule has 0 saturated carbocycles. The molecule has 1 N–H and O–H groups in total. The summed E-state index contributed by atoms with van der Waals surface area (Å²) in [6.45, 7) is 2.04. The van der Waals surface area contributed by atoms with E-state index in [4.69, 9.17) is 10.00 Å². The van der Waals surface area contributed by atoms with Crippen molar-refractivity contribution in [3.63, 3.8) is 0 Å². The number of aryl methyl sites for hydroxylation is 1. The van der Waals surface area contributed by atoms with E-state index in [2.05, 4.69) is 16.4 Å². The van der Waals surface area contributed by atoms with Gasteiger partial charge < -0.3 is 4.74 Å². The van der Waals surface area contributed by atoms with Crippen molar-refractivity contribution < 1.29 is 9.53 Å². The van der Waals surface area contributed by atoms with Crippen molar-refractivity contribution in [3.8, 4) is 11.8 Å². The lowest BCUT2D eigenvalue weighted by Gasteiger charge is -2.01. The highest BCUT2D eigenvalue weighted by atomic mass is 32.1. The molecule has 0 aliphatic carbocycles. The summed E-state index contributed by atoms with van der Waals surface area (Å²) in [6, 6.07) is 15.0. The largest absolute Gasteiger partial charge is 0.479 e. The zero-order chi connectivity index (χ0) is 17.6. The normalized spacial score (nSPS) is 10.7. The van der Waals surface area contributed by atoms with Gasteiger partial charge in [0.1, 0.15) is 11.8 Å². The number of nitriles is 1. The van der Waals surface area contributed by atoms with Crippen molar-refractivity contribution in [2.75, 3.05) is 11.9 Å². The lowest BCUT2D eigenvalue weighted by molar-refractivity contribution is -0.111. The van der Waals surface area contributed by atoms with E-state index in [0.717, 1.165) is 21.3 Å². The number of nitrogens with zero attached hydrogens (tertiary/aromatic N) is 2. The third-order valence-electron chi connectivity index (χ3n) is 3.38. The SMILES string of the molecule is Cc1ccc2nc(NC(=O)/C=C/c3ccc(OCC#N)cc3)sc2c1. The zero-order valence-corrected chi connectivity index (χ0v) is 14.3. The fourth-order valence-corrected chi connectivity index (χ4v) is 3.16. The van der Waals surface area contributed by atoms with Crippen molar-refractivity contribution in [2.45, 2.75) is 6.92 Å². The molecule has 124 valence electrons. The van der Waals surface area contributed by atoms with E-state index in [0.29, 0.717) is 10.9 Å². The minimum Gasteiger partial charge on any atom is -0.479 e. The molecular formula is C19H15N3O2S. The maximum absolute atomic E-state index is 12.0. The first-order valence-electron chi connectivity index (χ1n) is 7.60. The second-order valence-electron chi connectivity index (χ2n) is 5.33. The van der Waals surface area contributed by atoms with Crippen molar-refractivity contribution in [1.82, 2.24) is 4.98 Å². The molecule has 25 heavy (non-hydrogen) atoms. The van der Waals surface area contributed by atoms with Gasteiger partial charge >= 0.3 is 0 Å². The highest BCUT2D eigenvalue weighted by Crippen LogP contribution is 2.26. The van der Waals surface area contributed by atoms with Crippen LogP contribution in [0.3, 0.4) is 0 Å². The predicted octanol–water partition coefficient (Wildman–Crippen LogP) is 4.16. The Balaban J connectivity index is 1.63. The second kappa shape index (κ2) is 7.60. The highest BCUT2D eigenvalue weighted by Gasteiger charge is 2.06. The van der Waals surface area contributed by atoms with Gasteiger partial charge in [0.25, 0.3) is 0 Å². The Morgan fingerprint density at radius 3 is 2.88 bits per heavy atom. The molecule has 5 nitrogen and oxygen atoms in total. The summed E-state index contributed by atoms with van der Waals surface area (Å²) in [5.74, 6) is 0.383. The molecular weight excluding hydrogens is 334 g/mol. The Kier molecular flexibility index (Phi) is 5.07. The van der Waals surface area contributed by atoms with Gasteiger partial charge in [0, 0.05) is 6.08 Å². The van der Waals surface area contributed by atoms with Gasteiger partial charge in [-0.15, -0.1) is 0 Å². The number of carbonyl (C=O) groups excluding carboxylic acids is 1. The number of carbonyl (C=O) groups is 1. The van der Waals surface area contributed by atoms with E-state index in [1.807, 2.05) is 37.3 Å². The van der Waals surface area contributed by atoms with Gasteiger partial charge in [-0.2, -0.15) is 5.26 Å². The van der Waals surface area contributed by atoms with Crippen molar-refractivity contribution in [1.29, 1.82) is 5.26 Å². The Bertz CT molecular complexity index is 968. The number of benzene rings is 2. The van der Waals surface area contributed by atoms with Gasteiger partial charge in [0.2, 0.25) is 5.91 Å². The van der Waals surface area contributed by atoms with Gasteiger partial charge in [-0.25, -0.2) is 4.98 Å². The van der Waals surface area contributed by atoms with E-state index in [1.165, 1.54) is 17.4 Å². The molecule has 1 heterocycles. The molecule has 6 heteroatoms. The maximum atomic E-state index is 12.0. The van der Waals surface area contributed by atoms with Crippen LogP contribution in [0.5, 0.6) is 5.75 Å². The lowest BCUT2D eigenvalue weighted by Crippen LogP contribution is -2.07. The molecule has 0 radical (unpaired) electrons. The van der Waals surface area contributed by atoms with Crippen LogP contribution in [0.2, 0.25) is 0 Å². The molecule has 1 amide bonds. The average Bonchev–Trinajstić information content (AvgIpc) is 3.00. The van der Waals surface area contributed by atoms with Crippen LogP contribution < -0.4 is 10.1 Å². The first kappa shape index (κ1) is 16.7. The number of aromatic nitrogens is 1. The van der Waals surface area contributed by atoms with E-state index in [-0.39, 0.29) is 12.5 Å².